The molecule has 0 radical (unpaired) electrons. The SMILES string of the molecule is COc1cc(/C(O)=C2\C(=O)C(=O)N(c3ccccc3)C2c2ccccc2C)c(OC)cc1Cl. The summed E-state index contributed by atoms with van der Waals surface area (Å²) in [5, 5.41) is 11.7. The standard InChI is InChI=1S/C26H22ClNO5/c1-15-9-7-8-12-17(15)23-22(25(30)26(31)28(23)16-10-5-4-6-11-16)24(29)18-13-21(33-3)19(27)14-20(18)32-2/h4-14,23,29H,1-3H3/b24-22+. The van der Waals surface area contributed by atoms with Crippen molar-refractivity contribution in [2.45, 2.75) is 13.0 Å². The van der Waals surface area contributed by atoms with Crippen molar-refractivity contribution in [3.63, 3.8) is 0 Å². The Hall–Kier alpha value is -3.77. The maximum Gasteiger partial charge on any atom is 0.300 e. The van der Waals surface area contributed by atoms with Gasteiger partial charge in [0.15, 0.2) is 0 Å². The Morgan fingerprint density at radius 2 is 1.58 bits per heavy atom. The first kappa shape index (κ1) is 22.4. The van der Waals surface area contributed by atoms with Crippen LogP contribution in [0.1, 0.15) is 22.7 Å². The van der Waals surface area contributed by atoms with Crippen LogP contribution < -0.4 is 14.4 Å². The Bertz CT molecular complexity index is 1270. The monoisotopic (exact) mass is 463 g/mol. The van der Waals surface area contributed by atoms with E-state index < -0.39 is 17.7 Å². The van der Waals surface area contributed by atoms with Gasteiger partial charge in [-0.25, -0.2) is 0 Å². The van der Waals surface area contributed by atoms with Crippen molar-refractivity contribution >= 4 is 34.7 Å². The average Bonchev–Trinajstić information content (AvgIpc) is 3.09. The minimum absolute atomic E-state index is 0.0409. The Morgan fingerprint density at radius 3 is 2.21 bits per heavy atom. The van der Waals surface area contributed by atoms with Crippen molar-refractivity contribution in [3.05, 3.63) is 94.0 Å². The van der Waals surface area contributed by atoms with Crippen LogP contribution in [0.25, 0.3) is 5.76 Å². The summed E-state index contributed by atoms with van der Waals surface area (Å²) in [5.74, 6) is -1.35. The second kappa shape index (κ2) is 9.00. The predicted molar refractivity (Wildman–Crippen MR) is 127 cm³/mol. The number of nitrogens with zero attached hydrogens (tertiary/aromatic N) is 1. The lowest BCUT2D eigenvalue weighted by molar-refractivity contribution is -0.132. The summed E-state index contributed by atoms with van der Waals surface area (Å²) in [6.07, 6.45) is 0. The Kier molecular flexibility index (Phi) is 6.11. The van der Waals surface area contributed by atoms with E-state index >= 15 is 0 Å². The van der Waals surface area contributed by atoms with Gasteiger partial charge in [-0.2, -0.15) is 0 Å². The van der Waals surface area contributed by atoms with Crippen molar-refractivity contribution in [1.82, 2.24) is 0 Å². The van der Waals surface area contributed by atoms with Crippen LogP contribution in [0, 0.1) is 6.92 Å². The average molecular weight is 464 g/mol. The zero-order chi connectivity index (χ0) is 23.7. The van der Waals surface area contributed by atoms with Gasteiger partial charge in [0.1, 0.15) is 17.3 Å². The predicted octanol–water partition coefficient (Wildman–Crippen LogP) is 5.29. The summed E-state index contributed by atoms with van der Waals surface area (Å²) in [7, 11) is 2.87. The zero-order valence-electron chi connectivity index (χ0n) is 18.3. The number of rotatable bonds is 5. The molecular weight excluding hydrogens is 442 g/mol. The second-order valence-corrected chi connectivity index (χ2v) is 7.96. The highest BCUT2D eigenvalue weighted by atomic mass is 35.5. The van der Waals surface area contributed by atoms with Crippen molar-refractivity contribution in [2.75, 3.05) is 19.1 Å². The summed E-state index contributed by atoms with van der Waals surface area (Å²) in [6.45, 7) is 1.90. The van der Waals surface area contributed by atoms with Crippen LogP contribution in [0.4, 0.5) is 5.69 Å². The first-order chi connectivity index (χ1) is 15.9. The molecule has 1 amide bonds. The summed E-state index contributed by atoms with van der Waals surface area (Å²) in [4.78, 5) is 28.0. The highest BCUT2D eigenvalue weighted by Gasteiger charge is 2.47. The first-order valence-electron chi connectivity index (χ1n) is 10.2. The molecule has 1 saturated heterocycles. The molecule has 0 aliphatic carbocycles. The van der Waals surface area contributed by atoms with E-state index in [-0.39, 0.29) is 27.7 Å². The lowest BCUT2D eigenvalue weighted by atomic mass is 9.92. The molecule has 1 N–H and O–H groups in total. The maximum absolute atomic E-state index is 13.3. The van der Waals surface area contributed by atoms with Crippen LogP contribution in [-0.4, -0.2) is 31.0 Å². The minimum atomic E-state index is -0.833. The number of aryl methyl sites for hydroxylation is 1. The fourth-order valence-electron chi connectivity index (χ4n) is 4.07. The van der Waals surface area contributed by atoms with Crippen LogP contribution in [0.3, 0.4) is 0 Å². The molecule has 168 valence electrons. The van der Waals surface area contributed by atoms with E-state index in [4.69, 9.17) is 21.1 Å². The zero-order valence-corrected chi connectivity index (χ0v) is 19.1. The third-order valence-electron chi connectivity index (χ3n) is 5.69. The van der Waals surface area contributed by atoms with Crippen molar-refractivity contribution in [1.29, 1.82) is 0 Å². The molecular formula is C26H22ClNO5. The number of anilines is 1. The molecule has 4 rings (SSSR count). The summed E-state index contributed by atoms with van der Waals surface area (Å²) in [6, 6.07) is 18.5. The van der Waals surface area contributed by atoms with E-state index in [9.17, 15) is 14.7 Å². The fourth-order valence-corrected chi connectivity index (χ4v) is 4.30. The van der Waals surface area contributed by atoms with E-state index in [1.807, 2.05) is 37.3 Å². The number of ketones is 1. The smallest absolute Gasteiger partial charge is 0.300 e. The van der Waals surface area contributed by atoms with Crippen molar-refractivity contribution < 1.29 is 24.2 Å². The van der Waals surface area contributed by atoms with Crippen LogP contribution in [0.5, 0.6) is 11.5 Å². The lowest BCUT2D eigenvalue weighted by Crippen LogP contribution is -2.29. The number of amides is 1. The summed E-state index contributed by atoms with van der Waals surface area (Å²) in [5.41, 5.74) is 2.30. The number of ether oxygens (including phenoxy) is 2. The molecule has 3 aromatic rings. The topological polar surface area (TPSA) is 76.1 Å². The van der Waals surface area contributed by atoms with Crippen LogP contribution in [0.15, 0.2) is 72.3 Å². The Labute approximate surface area is 196 Å². The van der Waals surface area contributed by atoms with Gasteiger partial charge in [0.05, 0.1) is 36.4 Å². The molecule has 1 heterocycles. The number of aliphatic hydroxyl groups is 1. The third-order valence-corrected chi connectivity index (χ3v) is 5.99. The van der Waals surface area contributed by atoms with Crippen molar-refractivity contribution in [2.24, 2.45) is 0 Å². The van der Waals surface area contributed by atoms with Crippen LogP contribution in [0.2, 0.25) is 5.02 Å². The molecule has 0 aromatic heterocycles. The molecule has 0 spiro atoms. The number of carbonyl (C=O) groups excluding carboxylic acids is 2. The molecule has 33 heavy (non-hydrogen) atoms. The number of halogens is 1. The number of methoxy groups -OCH3 is 2. The number of benzene rings is 3. The number of carbonyl (C=O) groups is 2. The molecule has 1 aliphatic rings. The van der Waals surface area contributed by atoms with Crippen LogP contribution in [-0.2, 0) is 9.59 Å². The van der Waals surface area contributed by atoms with E-state index in [0.717, 1.165) is 11.1 Å². The van der Waals surface area contributed by atoms with E-state index in [0.29, 0.717) is 11.4 Å². The molecule has 1 unspecified atom stereocenters. The van der Waals surface area contributed by atoms with Gasteiger partial charge in [-0.15, -0.1) is 0 Å². The van der Waals surface area contributed by atoms with E-state index in [1.165, 1.54) is 31.3 Å². The van der Waals surface area contributed by atoms with E-state index in [1.54, 1.807) is 24.3 Å². The molecule has 1 atom stereocenters. The molecule has 0 bridgehead atoms. The molecule has 1 aliphatic heterocycles. The van der Waals surface area contributed by atoms with E-state index in [2.05, 4.69) is 0 Å². The van der Waals surface area contributed by atoms with Gasteiger partial charge < -0.3 is 14.6 Å². The third kappa shape index (κ3) is 3.83. The van der Waals surface area contributed by atoms with Gasteiger partial charge in [-0.3, -0.25) is 14.5 Å². The minimum Gasteiger partial charge on any atom is -0.507 e. The molecule has 3 aromatic carbocycles. The van der Waals surface area contributed by atoms with Gasteiger partial charge in [0.25, 0.3) is 11.7 Å². The molecule has 0 saturated carbocycles. The fraction of sp³-hybridized carbons (Fsp3) is 0.154. The summed E-state index contributed by atoms with van der Waals surface area (Å²) >= 11 is 6.21. The molecule has 1 fully saturated rings. The Balaban J connectivity index is 2.02. The second-order valence-electron chi connectivity index (χ2n) is 7.55. The number of hydrogen-bond donors (Lipinski definition) is 1. The van der Waals surface area contributed by atoms with Gasteiger partial charge in [0.2, 0.25) is 0 Å². The van der Waals surface area contributed by atoms with Crippen LogP contribution >= 0.6 is 11.6 Å². The number of hydrogen-bond acceptors (Lipinski definition) is 5. The normalized spacial score (nSPS) is 17.3. The quantitative estimate of drug-likeness (QED) is 0.316. The molecule has 7 heteroatoms. The van der Waals surface area contributed by atoms with Gasteiger partial charge in [0, 0.05) is 11.8 Å². The number of aliphatic hydroxyl groups excluding tert-OH is 1. The highest BCUT2D eigenvalue weighted by molar-refractivity contribution is 6.51. The highest BCUT2D eigenvalue weighted by Crippen LogP contribution is 2.45. The van der Waals surface area contributed by atoms with Crippen molar-refractivity contribution in [3.8, 4) is 11.5 Å². The maximum atomic E-state index is 13.3. The van der Waals surface area contributed by atoms with Gasteiger partial charge >= 0.3 is 0 Å². The Morgan fingerprint density at radius 1 is 0.939 bits per heavy atom. The summed E-state index contributed by atoms with van der Waals surface area (Å²) < 4.78 is 10.7. The number of Topliss-reactive ketones (excluding diaryl/α,β-unsaturated/α-hetero) is 1. The van der Waals surface area contributed by atoms with Gasteiger partial charge in [-0.05, 0) is 36.2 Å². The first-order valence-corrected chi connectivity index (χ1v) is 10.6. The molecule has 6 nitrogen and oxygen atoms in total. The largest absolute Gasteiger partial charge is 0.507 e. The van der Waals surface area contributed by atoms with Gasteiger partial charge in [-0.1, -0.05) is 54.1 Å². The number of para-hydroxylation sites is 1. The lowest BCUT2D eigenvalue weighted by Gasteiger charge is -2.26.